The molecule has 24 heavy (non-hydrogen) atoms. The maximum atomic E-state index is 12.0. The lowest BCUT2D eigenvalue weighted by molar-refractivity contribution is 0.0526. The Hall–Kier alpha value is -2.63. The Morgan fingerprint density at radius 1 is 1.42 bits per heavy atom. The minimum atomic E-state index is -0.302. The van der Waals surface area contributed by atoms with Crippen LogP contribution in [0.2, 0.25) is 0 Å². The van der Waals surface area contributed by atoms with Gasteiger partial charge in [-0.3, -0.25) is 0 Å². The minimum Gasteiger partial charge on any atom is -0.462 e. The first-order valence-corrected chi connectivity index (χ1v) is 8.19. The van der Waals surface area contributed by atoms with Crippen LogP contribution >= 0.6 is 0 Å². The summed E-state index contributed by atoms with van der Waals surface area (Å²) in [4.78, 5) is 20.8. The van der Waals surface area contributed by atoms with Crippen LogP contribution in [0.25, 0.3) is 0 Å². The number of fused-ring (bicyclic) bond motifs is 1. The zero-order valence-electron chi connectivity index (χ0n) is 14.2. The minimum absolute atomic E-state index is 0.0254. The largest absolute Gasteiger partial charge is 0.462 e. The highest BCUT2D eigenvalue weighted by molar-refractivity contribution is 5.90. The van der Waals surface area contributed by atoms with E-state index in [0.29, 0.717) is 24.0 Å². The number of hydrogen-bond acceptors (Lipinski definition) is 6. The topological polar surface area (TPSA) is 76.1 Å². The molecule has 1 aromatic carbocycles. The van der Waals surface area contributed by atoms with E-state index >= 15 is 0 Å². The third kappa shape index (κ3) is 3.32. The second kappa shape index (κ2) is 6.86. The van der Waals surface area contributed by atoms with Gasteiger partial charge in [0.05, 0.1) is 18.2 Å². The second-order valence-corrected chi connectivity index (χ2v) is 6.02. The van der Waals surface area contributed by atoms with E-state index in [1.807, 2.05) is 25.1 Å². The number of esters is 1. The highest BCUT2D eigenvalue weighted by atomic mass is 16.5. The fourth-order valence-corrected chi connectivity index (χ4v) is 2.90. The number of hydrogen-bond donors (Lipinski definition) is 2. The Bertz CT molecular complexity index is 748. The molecular weight excluding hydrogens is 304 g/mol. The predicted octanol–water partition coefficient (Wildman–Crippen LogP) is 3.18. The number of nitrogens with zero attached hydrogens (tertiary/aromatic N) is 2. The van der Waals surface area contributed by atoms with Crippen molar-refractivity contribution in [3.63, 3.8) is 0 Å². The lowest BCUT2D eigenvalue weighted by Crippen LogP contribution is -2.31. The van der Waals surface area contributed by atoms with Gasteiger partial charge in [-0.25, -0.2) is 14.8 Å². The lowest BCUT2D eigenvalue weighted by Gasteiger charge is -2.33. The van der Waals surface area contributed by atoms with Gasteiger partial charge in [0.25, 0.3) is 0 Å². The van der Waals surface area contributed by atoms with Crippen LogP contribution in [0.1, 0.15) is 41.5 Å². The molecule has 0 spiro atoms. The summed E-state index contributed by atoms with van der Waals surface area (Å²) >= 11 is 0. The number of rotatable bonds is 4. The third-order valence-electron chi connectivity index (χ3n) is 4.16. The molecule has 0 saturated carbocycles. The lowest BCUT2D eigenvalue weighted by atomic mass is 9.88. The van der Waals surface area contributed by atoms with Crippen molar-refractivity contribution in [1.82, 2.24) is 9.97 Å². The molecule has 2 heterocycles. The summed E-state index contributed by atoms with van der Waals surface area (Å²) in [7, 11) is 0. The summed E-state index contributed by atoms with van der Waals surface area (Å²) in [5.74, 6) is 0.615. The van der Waals surface area contributed by atoms with E-state index in [1.54, 1.807) is 19.2 Å². The molecule has 6 heteroatoms. The van der Waals surface area contributed by atoms with Gasteiger partial charge in [-0.15, -0.1) is 0 Å². The van der Waals surface area contributed by atoms with Gasteiger partial charge in [-0.1, -0.05) is 6.92 Å². The van der Waals surface area contributed by atoms with E-state index in [-0.39, 0.29) is 12.0 Å². The number of anilines is 2. The molecule has 0 saturated heterocycles. The van der Waals surface area contributed by atoms with Crippen LogP contribution in [0.15, 0.2) is 30.5 Å². The molecule has 1 aliphatic rings. The van der Waals surface area contributed by atoms with Crippen molar-refractivity contribution in [3.8, 4) is 0 Å². The molecule has 126 valence electrons. The van der Waals surface area contributed by atoms with E-state index in [4.69, 9.17) is 4.74 Å². The highest BCUT2D eigenvalue weighted by Gasteiger charge is 2.28. The average Bonchev–Trinajstić information content (AvgIpc) is 2.57. The summed E-state index contributed by atoms with van der Waals surface area (Å²) in [6.07, 6.45) is 1.74. The molecule has 1 aromatic heterocycles. The Morgan fingerprint density at radius 2 is 2.25 bits per heavy atom. The van der Waals surface area contributed by atoms with E-state index in [1.165, 1.54) is 0 Å². The first-order chi connectivity index (χ1) is 11.6. The van der Waals surface area contributed by atoms with E-state index in [9.17, 15) is 4.79 Å². The highest BCUT2D eigenvalue weighted by Crippen LogP contribution is 2.36. The fourth-order valence-electron chi connectivity index (χ4n) is 2.90. The van der Waals surface area contributed by atoms with Crippen molar-refractivity contribution in [2.24, 2.45) is 5.92 Å². The maximum Gasteiger partial charge on any atom is 0.338 e. The SMILES string of the molecule is CCOC(=O)c1ccc2c(c1)C(Nc1nccc(C)n1)C(C)CN2. The van der Waals surface area contributed by atoms with Crippen molar-refractivity contribution in [1.29, 1.82) is 0 Å². The van der Waals surface area contributed by atoms with Gasteiger partial charge in [0.15, 0.2) is 0 Å². The number of carbonyl (C=O) groups is 1. The van der Waals surface area contributed by atoms with Gasteiger partial charge in [-0.05, 0) is 49.6 Å². The van der Waals surface area contributed by atoms with Gasteiger partial charge >= 0.3 is 5.97 Å². The predicted molar refractivity (Wildman–Crippen MR) is 93.2 cm³/mol. The van der Waals surface area contributed by atoms with Crippen molar-refractivity contribution < 1.29 is 9.53 Å². The summed E-state index contributed by atoms with van der Waals surface area (Å²) < 4.78 is 5.11. The second-order valence-electron chi connectivity index (χ2n) is 6.02. The first kappa shape index (κ1) is 16.2. The standard InChI is InChI=1S/C18H22N4O2/c1-4-24-17(23)13-5-6-15-14(9-13)16(11(2)10-20-15)22-18-19-8-7-12(3)21-18/h5-9,11,16,20H,4,10H2,1-3H3,(H,19,21,22). The maximum absolute atomic E-state index is 12.0. The normalized spacial score (nSPS) is 19.1. The Balaban J connectivity index is 1.93. The molecule has 2 aromatic rings. The monoisotopic (exact) mass is 326 g/mol. The fraction of sp³-hybridized carbons (Fsp3) is 0.389. The molecule has 1 aliphatic heterocycles. The molecular formula is C18H22N4O2. The zero-order chi connectivity index (χ0) is 17.1. The molecule has 0 radical (unpaired) electrons. The number of carbonyl (C=O) groups excluding carboxylic acids is 1. The summed E-state index contributed by atoms with van der Waals surface area (Å²) in [6, 6.07) is 7.50. The zero-order valence-corrected chi connectivity index (χ0v) is 14.2. The smallest absolute Gasteiger partial charge is 0.338 e. The van der Waals surface area contributed by atoms with Gasteiger partial charge in [0.2, 0.25) is 5.95 Å². The van der Waals surface area contributed by atoms with Crippen LogP contribution in [-0.2, 0) is 4.74 Å². The van der Waals surface area contributed by atoms with Crippen molar-refractivity contribution in [2.75, 3.05) is 23.8 Å². The molecule has 0 aliphatic carbocycles. The van der Waals surface area contributed by atoms with Crippen LogP contribution in [0.3, 0.4) is 0 Å². The van der Waals surface area contributed by atoms with Gasteiger partial charge < -0.3 is 15.4 Å². The number of benzene rings is 1. The Labute approximate surface area is 141 Å². The van der Waals surface area contributed by atoms with E-state index in [0.717, 1.165) is 23.5 Å². The molecule has 0 fully saturated rings. The summed E-state index contributed by atoms with van der Waals surface area (Å²) in [5.41, 5.74) is 3.52. The number of ether oxygens (including phenoxy) is 1. The van der Waals surface area contributed by atoms with Crippen molar-refractivity contribution in [3.05, 3.63) is 47.3 Å². The van der Waals surface area contributed by atoms with E-state index < -0.39 is 0 Å². The molecule has 3 rings (SSSR count). The molecule has 2 unspecified atom stereocenters. The van der Waals surface area contributed by atoms with Crippen molar-refractivity contribution >= 4 is 17.6 Å². The Morgan fingerprint density at radius 3 is 3.00 bits per heavy atom. The molecule has 2 N–H and O–H groups in total. The quantitative estimate of drug-likeness (QED) is 0.841. The van der Waals surface area contributed by atoms with Crippen LogP contribution in [0.4, 0.5) is 11.6 Å². The molecule has 0 bridgehead atoms. The summed E-state index contributed by atoms with van der Waals surface area (Å²) in [6.45, 7) is 7.10. The van der Waals surface area contributed by atoms with Crippen LogP contribution < -0.4 is 10.6 Å². The number of nitrogens with one attached hydrogen (secondary N) is 2. The molecule has 6 nitrogen and oxygen atoms in total. The molecule has 0 amide bonds. The van der Waals surface area contributed by atoms with E-state index in [2.05, 4.69) is 27.5 Å². The number of aryl methyl sites for hydroxylation is 1. The van der Waals surface area contributed by atoms with Gasteiger partial charge in [0, 0.05) is 24.1 Å². The average molecular weight is 326 g/mol. The van der Waals surface area contributed by atoms with Crippen molar-refractivity contribution in [2.45, 2.75) is 26.8 Å². The number of aromatic nitrogens is 2. The van der Waals surface area contributed by atoms with Crippen LogP contribution in [-0.4, -0.2) is 29.1 Å². The van der Waals surface area contributed by atoms with Gasteiger partial charge in [-0.2, -0.15) is 0 Å². The molecule has 2 atom stereocenters. The van der Waals surface area contributed by atoms with Gasteiger partial charge in [0.1, 0.15) is 0 Å². The van der Waals surface area contributed by atoms with Crippen LogP contribution in [0.5, 0.6) is 0 Å². The Kier molecular flexibility index (Phi) is 4.64. The summed E-state index contributed by atoms with van der Waals surface area (Å²) in [5, 5.41) is 6.82. The van der Waals surface area contributed by atoms with Crippen LogP contribution in [0, 0.1) is 12.8 Å². The third-order valence-corrected chi connectivity index (χ3v) is 4.16. The first-order valence-electron chi connectivity index (χ1n) is 8.19.